The van der Waals surface area contributed by atoms with Crippen LogP contribution in [0.1, 0.15) is 27.8 Å². The quantitative estimate of drug-likeness (QED) is 0.564. The number of anilines is 1. The molecule has 0 atom stereocenters. The average molecular weight is 338 g/mol. The number of carbonyl (C=O) groups is 2. The number of phenolic OH excluding ortho intramolecular Hbond substituents is 1. The minimum atomic E-state index is -0.670. The highest BCUT2D eigenvalue weighted by Gasteiger charge is 2.19. The summed E-state index contributed by atoms with van der Waals surface area (Å²) < 4.78 is 6.52. The Bertz CT molecular complexity index is 959. The molecule has 0 spiro atoms. The topological polar surface area (TPSA) is 80.6 Å². The second-order valence-electron chi connectivity index (χ2n) is 5.48. The summed E-state index contributed by atoms with van der Waals surface area (Å²) in [6.07, 6.45) is 0. The zero-order valence-corrected chi connectivity index (χ0v) is 13.9. The van der Waals surface area contributed by atoms with Gasteiger partial charge in [-0.3, -0.25) is 4.79 Å². The fourth-order valence-corrected chi connectivity index (χ4v) is 2.84. The number of esters is 1. The van der Waals surface area contributed by atoms with Crippen molar-refractivity contribution in [1.29, 1.82) is 0 Å². The van der Waals surface area contributed by atoms with Crippen LogP contribution in [-0.4, -0.2) is 28.7 Å². The number of amides is 1. The summed E-state index contributed by atoms with van der Waals surface area (Å²) in [6.45, 7) is 2.59. The standard InChI is InChI=1S/C19H18N2O4/c1-3-21-15-10-5-4-7-12(15)11-16(21)18(23)20-14-9-6-8-13(17(14)22)19(24)25-2/h4-11,22H,3H2,1-2H3,(H,20,23). The van der Waals surface area contributed by atoms with Crippen LogP contribution in [0, 0.1) is 0 Å². The Morgan fingerprint density at radius 2 is 1.92 bits per heavy atom. The van der Waals surface area contributed by atoms with Gasteiger partial charge in [0.05, 0.1) is 12.8 Å². The van der Waals surface area contributed by atoms with Crippen molar-refractivity contribution in [3.05, 3.63) is 59.8 Å². The first kappa shape index (κ1) is 16.6. The number of aromatic hydroxyl groups is 1. The number of para-hydroxylation sites is 2. The molecule has 1 heterocycles. The van der Waals surface area contributed by atoms with Crippen LogP contribution in [0.4, 0.5) is 5.69 Å². The summed E-state index contributed by atoms with van der Waals surface area (Å²) in [5.74, 6) is -1.35. The van der Waals surface area contributed by atoms with Gasteiger partial charge in [-0.05, 0) is 31.2 Å². The summed E-state index contributed by atoms with van der Waals surface area (Å²) in [7, 11) is 1.23. The van der Waals surface area contributed by atoms with E-state index in [-0.39, 0.29) is 22.9 Å². The maximum atomic E-state index is 12.7. The first-order chi connectivity index (χ1) is 12.1. The van der Waals surface area contributed by atoms with Gasteiger partial charge >= 0.3 is 5.97 Å². The van der Waals surface area contributed by atoms with Crippen molar-refractivity contribution in [1.82, 2.24) is 4.57 Å². The molecule has 0 saturated carbocycles. The Morgan fingerprint density at radius 3 is 2.64 bits per heavy atom. The Labute approximate surface area is 144 Å². The number of phenols is 1. The number of ether oxygens (including phenoxy) is 1. The third-order valence-corrected chi connectivity index (χ3v) is 4.05. The summed E-state index contributed by atoms with van der Waals surface area (Å²) in [5, 5.41) is 13.9. The van der Waals surface area contributed by atoms with Gasteiger partial charge in [-0.25, -0.2) is 4.79 Å². The first-order valence-corrected chi connectivity index (χ1v) is 7.86. The van der Waals surface area contributed by atoms with Gasteiger partial charge in [0.15, 0.2) is 5.75 Å². The van der Waals surface area contributed by atoms with E-state index in [0.29, 0.717) is 12.2 Å². The van der Waals surface area contributed by atoms with Gasteiger partial charge in [0.1, 0.15) is 11.3 Å². The Morgan fingerprint density at radius 1 is 1.16 bits per heavy atom. The number of carbonyl (C=O) groups excluding carboxylic acids is 2. The Balaban J connectivity index is 1.97. The summed E-state index contributed by atoms with van der Waals surface area (Å²) >= 11 is 0. The molecule has 128 valence electrons. The predicted molar refractivity (Wildman–Crippen MR) is 95.0 cm³/mol. The van der Waals surface area contributed by atoms with Crippen molar-refractivity contribution >= 4 is 28.5 Å². The van der Waals surface area contributed by atoms with Crippen molar-refractivity contribution < 1.29 is 19.4 Å². The molecule has 2 N–H and O–H groups in total. The van der Waals surface area contributed by atoms with Crippen LogP contribution in [0.5, 0.6) is 5.75 Å². The van der Waals surface area contributed by atoms with E-state index >= 15 is 0 Å². The molecule has 0 unspecified atom stereocenters. The van der Waals surface area contributed by atoms with Crippen LogP contribution in [-0.2, 0) is 11.3 Å². The number of fused-ring (bicyclic) bond motifs is 1. The summed E-state index contributed by atoms with van der Waals surface area (Å²) in [5.41, 5.74) is 1.59. The molecule has 0 radical (unpaired) electrons. The van der Waals surface area contributed by atoms with Gasteiger partial charge in [-0.1, -0.05) is 24.3 Å². The molecule has 6 heteroatoms. The predicted octanol–water partition coefficient (Wildman–Crippen LogP) is 3.41. The van der Waals surface area contributed by atoms with Crippen LogP contribution in [0.15, 0.2) is 48.5 Å². The van der Waals surface area contributed by atoms with E-state index < -0.39 is 5.97 Å². The Hall–Kier alpha value is -3.28. The number of hydrogen-bond acceptors (Lipinski definition) is 4. The number of methoxy groups -OCH3 is 1. The smallest absolute Gasteiger partial charge is 0.341 e. The first-order valence-electron chi connectivity index (χ1n) is 7.86. The molecule has 2 aromatic carbocycles. The molecule has 3 rings (SSSR count). The fourth-order valence-electron chi connectivity index (χ4n) is 2.84. The minimum Gasteiger partial charge on any atom is -0.505 e. The normalized spacial score (nSPS) is 10.6. The van der Waals surface area contributed by atoms with Gasteiger partial charge < -0.3 is 19.7 Å². The van der Waals surface area contributed by atoms with Crippen molar-refractivity contribution in [3.63, 3.8) is 0 Å². The number of nitrogens with one attached hydrogen (secondary N) is 1. The molecular weight excluding hydrogens is 320 g/mol. The molecule has 1 amide bonds. The number of aromatic nitrogens is 1. The molecular formula is C19H18N2O4. The average Bonchev–Trinajstić information content (AvgIpc) is 3.01. The molecule has 25 heavy (non-hydrogen) atoms. The molecule has 0 fully saturated rings. The van der Waals surface area contributed by atoms with E-state index in [4.69, 9.17) is 0 Å². The van der Waals surface area contributed by atoms with Crippen LogP contribution >= 0.6 is 0 Å². The highest BCUT2D eigenvalue weighted by atomic mass is 16.5. The maximum Gasteiger partial charge on any atom is 0.341 e. The lowest BCUT2D eigenvalue weighted by Gasteiger charge is -2.11. The largest absolute Gasteiger partial charge is 0.505 e. The van der Waals surface area contributed by atoms with Gasteiger partial charge in [-0.2, -0.15) is 0 Å². The Kier molecular flexibility index (Phi) is 4.43. The van der Waals surface area contributed by atoms with Crippen LogP contribution in [0.2, 0.25) is 0 Å². The lowest BCUT2D eigenvalue weighted by molar-refractivity contribution is 0.0597. The van der Waals surface area contributed by atoms with Gasteiger partial charge in [-0.15, -0.1) is 0 Å². The van der Waals surface area contributed by atoms with E-state index in [1.54, 1.807) is 12.1 Å². The van der Waals surface area contributed by atoms with Crippen molar-refractivity contribution in [2.24, 2.45) is 0 Å². The highest BCUT2D eigenvalue weighted by Crippen LogP contribution is 2.29. The summed E-state index contributed by atoms with van der Waals surface area (Å²) in [4.78, 5) is 24.4. The third-order valence-electron chi connectivity index (χ3n) is 4.05. The van der Waals surface area contributed by atoms with Gasteiger partial charge in [0, 0.05) is 17.4 Å². The molecule has 0 saturated heterocycles. The summed E-state index contributed by atoms with van der Waals surface area (Å²) in [6, 6.07) is 14.0. The van der Waals surface area contributed by atoms with E-state index in [2.05, 4.69) is 10.1 Å². The number of benzene rings is 2. The van der Waals surface area contributed by atoms with Crippen molar-refractivity contribution in [2.75, 3.05) is 12.4 Å². The van der Waals surface area contributed by atoms with Crippen LogP contribution in [0.3, 0.4) is 0 Å². The third kappa shape index (κ3) is 2.94. The zero-order chi connectivity index (χ0) is 18.0. The second kappa shape index (κ2) is 6.68. The molecule has 0 aliphatic carbocycles. The van der Waals surface area contributed by atoms with Crippen molar-refractivity contribution in [2.45, 2.75) is 13.5 Å². The van der Waals surface area contributed by atoms with E-state index in [1.807, 2.05) is 35.8 Å². The molecule has 0 aliphatic heterocycles. The SMILES string of the molecule is CCn1c(C(=O)Nc2cccc(C(=O)OC)c2O)cc2ccccc21. The van der Waals surface area contributed by atoms with Gasteiger partial charge in [0.25, 0.3) is 5.91 Å². The van der Waals surface area contributed by atoms with Crippen LogP contribution in [0.25, 0.3) is 10.9 Å². The lowest BCUT2D eigenvalue weighted by Crippen LogP contribution is -2.17. The number of hydrogen-bond donors (Lipinski definition) is 2. The molecule has 0 aliphatic rings. The van der Waals surface area contributed by atoms with Crippen molar-refractivity contribution in [3.8, 4) is 5.75 Å². The lowest BCUT2D eigenvalue weighted by atomic mass is 10.1. The van der Waals surface area contributed by atoms with E-state index in [1.165, 1.54) is 19.2 Å². The highest BCUT2D eigenvalue weighted by molar-refractivity contribution is 6.08. The molecule has 1 aromatic heterocycles. The van der Waals surface area contributed by atoms with E-state index in [0.717, 1.165) is 10.9 Å². The van der Waals surface area contributed by atoms with Gasteiger partial charge in [0.2, 0.25) is 0 Å². The molecule has 6 nitrogen and oxygen atoms in total. The zero-order valence-electron chi connectivity index (χ0n) is 13.9. The maximum absolute atomic E-state index is 12.7. The van der Waals surface area contributed by atoms with E-state index in [9.17, 15) is 14.7 Å². The van der Waals surface area contributed by atoms with Crippen LogP contribution < -0.4 is 5.32 Å². The number of aryl methyl sites for hydroxylation is 1. The monoisotopic (exact) mass is 338 g/mol. The molecule has 3 aromatic rings. The number of rotatable bonds is 4. The molecule has 0 bridgehead atoms. The minimum absolute atomic E-state index is 0.00339. The second-order valence-corrected chi connectivity index (χ2v) is 5.48. The fraction of sp³-hybridized carbons (Fsp3) is 0.158. The number of nitrogens with zero attached hydrogens (tertiary/aromatic N) is 1.